The minimum Gasteiger partial charge on any atom is -0.326 e. The first-order chi connectivity index (χ1) is 9.15. The Bertz CT molecular complexity index is 619. The number of aromatic nitrogens is 3. The fourth-order valence-corrected chi connectivity index (χ4v) is 1.86. The maximum Gasteiger partial charge on any atom is 0.221 e. The van der Waals surface area contributed by atoms with Gasteiger partial charge in [0, 0.05) is 12.6 Å². The zero-order chi connectivity index (χ0) is 13.8. The molecule has 98 valence electrons. The molecule has 1 aromatic carbocycles. The zero-order valence-corrected chi connectivity index (χ0v) is 10.8. The van der Waals surface area contributed by atoms with Crippen molar-refractivity contribution in [3.8, 4) is 5.69 Å². The fourth-order valence-electron chi connectivity index (χ4n) is 1.86. The Morgan fingerprint density at radius 1 is 1.47 bits per heavy atom. The number of aldehydes is 1. The summed E-state index contributed by atoms with van der Waals surface area (Å²) < 4.78 is 1.61. The summed E-state index contributed by atoms with van der Waals surface area (Å²) in [6, 6.07) is 7.22. The summed E-state index contributed by atoms with van der Waals surface area (Å²) in [7, 11) is 0. The highest BCUT2D eigenvalue weighted by Crippen LogP contribution is 2.17. The van der Waals surface area contributed by atoms with E-state index in [0.29, 0.717) is 24.1 Å². The monoisotopic (exact) mass is 258 g/mol. The van der Waals surface area contributed by atoms with Crippen molar-refractivity contribution in [1.82, 2.24) is 15.0 Å². The molecule has 0 saturated carbocycles. The molecule has 0 spiro atoms. The first-order valence-electron chi connectivity index (χ1n) is 5.93. The Hall–Kier alpha value is -2.50. The number of nitrogens with zero attached hydrogens (tertiary/aromatic N) is 3. The number of carbonyl (C=O) groups excluding carboxylic acids is 2. The lowest BCUT2D eigenvalue weighted by atomic mass is 10.2. The molecule has 2 aromatic rings. The highest BCUT2D eigenvalue weighted by molar-refractivity contribution is 5.88. The molecule has 1 amide bonds. The van der Waals surface area contributed by atoms with Crippen molar-refractivity contribution in [3.63, 3.8) is 0 Å². The van der Waals surface area contributed by atoms with Crippen LogP contribution in [0.5, 0.6) is 0 Å². The lowest BCUT2D eigenvalue weighted by Crippen LogP contribution is -2.07. The van der Waals surface area contributed by atoms with Gasteiger partial charge in [-0.05, 0) is 24.6 Å². The predicted molar refractivity (Wildman–Crippen MR) is 70.4 cm³/mol. The lowest BCUT2D eigenvalue weighted by molar-refractivity contribution is -0.114. The molecule has 6 heteroatoms. The number of nitrogens with one attached hydrogen (secondary N) is 1. The molecule has 0 aliphatic rings. The number of anilines is 1. The quantitative estimate of drug-likeness (QED) is 0.845. The second-order valence-electron chi connectivity index (χ2n) is 4.04. The van der Waals surface area contributed by atoms with Gasteiger partial charge in [0.1, 0.15) is 5.69 Å². The Morgan fingerprint density at radius 2 is 2.26 bits per heavy atom. The Labute approximate surface area is 110 Å². The van der Waals surface area contributed by atoms with E-state index in [1.54, 1.807) is 16.8 Å². The molecule has 0 aliphatic heterocycles. The molecule has 1 N–H and O–H groups in total. The van der Waals surface area contributed by atoms with E-state index in [1.165, 1.54) is 6.92 Å². The molecule has 0 unspecified atom stereocenters. The molecule has 0 radical (unpaired) electrons. The third-order valence-corrected chi connectivity index (χ3v) is 2.65. The van der Waals surface area contributed by atoms with Gasteiger partial charge in [0.2, 0.25) is 5.91 Å². The average molecular weight is 258 g/mol. The zero-order valence-electron chi connectivity index (χ0n) is 10.8. The van der Waals surface area contributed by atoms with E-state index >= 15 is 0 Å². The molecule has 0 bridgehead atoms. The number of amides is 1. The van der Waals surface area contributed by atoms with E-state index in [1.807, 2.05) is 19.1 Å². The molecule has 2 rings (SSSR count). The number of hydrogen-bond acceptors (Lipinski definition) is 4. The Morgan fingerprint density at radius 3 is 2.89 bits per heavy atom. The first-order valence-corrected chi connectivity index (χ1v) is 5.93. The smallest absolute Gasteiger partial charge is 0.221 e. The maximum atomic E-state index is 11.0. The van der Waals surface area contributed by atoms with Gasteiger partial charge < -0.3 is 5.32 Å². The predicted octanol–water partition coefficient (Wildman–Crippen LogP) is 1.60. The SMILES string of the molecule is CCc1c(C=O)nnn1-c1cccc(NC(C)=O)c1. The summed E-state index contributed by atoms with van der Waals surface area (Å²) >= 11 is 0. The van der Waals surface area contributed by atoms with Gasteiger partial charge in [-0.1, -0.05) is 18.2 Å². The van der Waals surface area contributed by atoms with Crippen molar-refractivity contribution in [2.24, 2.45) is 0 Å². The molecule has 1 heterocycles. The van der Waals surface area contributed by atoms with E-state index in [-0.39, 0.29) is 5.91 Å². The van der Waals surface area contributed by atoms with Gasteiger partial charge >= 0.3 is 0 Å². The minimum absolute atomic E-state index is 0.139. The third-order valence-electron chi connectivity index (χ3n) is 2.65. The van der Waals surface area contributed by atoms with Crippen LogP contribution in [0.25, 0.3) is 5.69 Å². The largest absolute Gasteiger partial charge is 0.326 e. The van der Waals surface area contributed by atoms with Gasteiger partial charge in [-0.25, -0.2) is 4.68 Å². The standard InChI is InChI=1S/C13H14N4O2/c1-3-13-12(8-18)15-16-17(13)11-6-4-5-10(7-11)14-9(2)19/h4-8H,3H2,1-2H3,(H,14,19). The van der Waals surface area contributed by atoms with E-state index in [0.717, 1.165) is 11.4 Å². The molecular weight excluding hydrogens is 244 g/mol. The van der Waals surface area contributed by atoms with Crippen molar-refractivity contribution in [1.29, 1.82) is 0 Å². The highest BCUT2D eigenvalue weighted by Gasteiger charge is 2.12. The van der Waals surface area contributed by atoms with Crippen LogP contribution < -0.4 is 5.32 Å². The molecule has 1 aromatic heterocycles. The molecule has 0 atom stereocenters. The summed E-state index contributed by atoms with van der Waals surface area (Å²) in [5.74, 6) is -0.139. The van der Waals surface area contributed by atoms with Crippen LogP contribution in [0.4, 0.5) is 5.69 Å². The summed E-state index contributed by atoms with van der Waals surface area (Å²) in [6.07, 6.45) is 1.34. The van der Waals surface area contributed by atoms with Crippen LogP contribution in [0.3, 0.4) is 0 Å². The molecular formula is C13H14N4O2. The third kappa shape index (κ3) is 2.67. The van der Waals surface area contributed by atoms with Crippen molar-refractivity contribution in [2.45, 2.75) is 20.3 Å². The molecule has 6 nitrogen and oxygen atoms in total. The average Bonchev–Trinajstić information content (AvgIpc) is 2.81. The highest BCUT2D eigenvalue weighted by atomic mass is 16.1. The van der Waals surface area contributed by atoms with Crippen LogP contribution in [0.2, 0.25) is 0 Å². The van der Waals surface area contributed by atoms with Crippen LogP contribution >= 0.6 is 0 Å². The van der Waals surface area contributed by atoms with Crippen LogP contribution in [-0.2, 0) is 11.2 Å². The second-order valence-corrected chi connectivity index (χ2v) is 4.04. The van der Waals surface area contributed by atoms with Gasteiger partial charge in [-0.3, -0.25) is 9.59 Å². The van der Waals surface area contributed by atoms with Crippen molar-refractivity contribution in [3.05, 3.63) is 35.7 Å². The van der Waals surface area contributed by atoms with Gasteiger partial charge in [-0.15, -0.1) is 5.10 Å². The fraction of sp³-hybridized carbons (Fsp3) is 0.231. The molecule has 0 saturated heterocycles. The Kier molecular flexibility index (Phi) is 3.70. The lowest BCUT2D eigenvalue weighted by Gasteiger charge is -2.07. The second kappa shape index (κ2) is 5.43. The number of carbonyl (C=O) groups is 2. The van der Waals surface area contributed by atoms with E-state index < -0.39 is 0 Å². The van der Waals surface area contributed by atoms with E-state index in [2.05, 4.69) is 15.6 Å². The van der Waals surface area contributed by atoms with Crippen LogP contribution in [-0.4, -0.2) is 27.2 Å². The summed E-state index contributed by atoms with van der Waals surface area (Å²) in [4.78, 5) is 21.9. The van der Waals surface area contributed by atoms with Gasteiger partial charge in [0.25, 0.3) is 0 Å². The van der Waals surface area contributed by atoms with Crippen molar-refractivity contribution < 1.29 is 9.59 Å². The maximum absolute atomic E-state index is 11.0. The topological polar surface area (TPSA) is 76.9 Å². The van der Waals surface area contributed by atoms with Gasteiger partial charge in [-0.2, -0.15) is 0 Å². The molecule has 0 fully saturated rings. The number of rotatable bonds is 4. The molecule has 19 heavy (non-hydrogen) atoms. The van der Waals surface area contributed by atoms with E-state index in [9.17, 15) is 9.59 Å². The minimum atomic E-state index is -0.139. The normalized spacial score (nSPS) is 10.2. The first kappa shape index (κ1) is 12.9. The van der Waals surface area contributed by atoms with E-state index in [4.69, 9.17) is 0 Å². The van der Waals surface area contributed by atoms with Crippen molar-refractivity contribution in [2.75, 3.05) is 5.32 Å². The summed E-state index contributed by atoms with van der Waals surface area (Å²) in [5, 5.41) is 10.5. The van der Waals surface area contributed by atoms with Crippen LogP contribution in [0.15, 0.2) is 24.3 Å². The van der Waals surface area contributed by atoms with Crippen LogP contribution in [0, 0.1) is 0 Å². The van der Waals surface area contributed by atoms with Gasteiger partial charge in [0.05, 0.1) is 11.4 Å². The Balaban J connectivity index is 2.44. The van der Waals surface area contributed by atoms with Crippen molar-refractivity contribution >= 4 is 17.9 Å². The van der Waals surface area contributed by atoms with Crippen LogP contribution in [0.1, 0.15) is 30.0 Å². The molecule has 0 aliphatic carbocycles. The van der Waals surface area contributed by atoms with Gasteiger partial charge in [0.15, 0.2) is 6.29 Å². The number of benzene rings is 1. The summed E-state index contributed by atoms with van der Waals surface area (Å²) in [6.45, 7) is 3.38. The number of hydrogen-bond donors (Lipinski definition) is 1. The summed E-state index contributed by atoms with van der Waals surface area (Å²) in [5.41, 5.74) is 2.52.